The smallest absolute Gasteiger partial charge is 0.224 e. The Kier molecular flexibility index (Phi) is 7.67. The Morgan fingerprint density at radius 3 is 2.29 bits per heavy atom. The highest BCUT2D eigenvalue weighted by atomic mass is 16.3. The molecule has 2 atom stereocenters. The van der Waals surface area contributed by atoms with E-state index in [9.17, 15) is 9.90 Å². The van der Waals surface area contributed by atoms with E-state index in [4.69, 9.17) is 0 Å². The topological polar surface area (TPSA) is 52.6 Å². The van der Waals surface area contributed by atoms with Crippen LogP contribution >= 0.6 is 0 Å². The Morgan fingerprint density at radius 1 is 1.19 bits per heavy atom. The summed E-state index contributed by atoms with van der Waals surface area (Å²) in [7, 11) is 0. The van der Waals surface area contributed by atoms with Gasteiger partial charge in [0.2, 0.25) is 5.91 Å². The number of hydrogen-bond acceptors (Lipinski definition) is 3. The first kappa shape index (κ1) is 18.4. The summed E-state index contributed by atoms with van der Waals surface area (Å²) in [5.74, 6) is 0.283. The number of rotatable bonds is 7. The van der Waals surface area contributed by atoms with Crippen molar-refractivity contribution in [3.05, 3.63) is 0 Å². The molecule has 0 bridgehead atoms. The van der Waals surface area contributed by atoms with Crippen LogP contribution in [0.25, 0.3) is 0 Å². The fraction of sp³-hybridized carbons (Fsp3) is 0.941. The molecule has 1 rings (SSSR count). The minimum Gasteiger partial charge on any atom is -0.393 e. The van der Waals surface area contributed by atoms with E-state index in [1.165, 1.54) is 12.8 Å². The number of hydrogen-bond donors (Lipinski definition) is 2. The summed E-state index contributed by atoms with van der Waals surface area (Å²) >= 11 is 0. The molecule has 2 N–H and O–H groups in total. The number of carbonyl (C=O) groups is 1. The predicted molar refractivity (Wildman–Crippen MR) is 87.2 cm³/mol. The number of carbonyl (C=O) groups excluding carboxylic acids is 1. The number of aliphatic hydroxyl groups is 1. The Hall–Kier alpha value is -0.610. The van der Waals surface area contributed by atoms with Gasteiger partial charge in [0.15, 0.2) is 0 Å². The second-order valence-electron chi connectivity index (χ2n) is 7.50. The molecule has 21 heavy (non-hydrogen) atoms. The van der Waals surface area contributed by atoms with Gasteiger partial charge >= 0.3 is 0 Å². The third-order valence-electron chi connectivity index (χ3n) is 4.22. The molecule has 1 heterocycles. The van der Waals surface area contributed by atoms with Crippen LogP contribution in [0.15, 0.2) is 0 Å². The van der Waals surface area contributed by atoms with Gasteiger partial charge in [-0.25, -0.2) is 0 Å². The zero-order valence-electron chi connectivity index (χ0n) is 14.3. The molecular formula is C17H34N2O2. The van der Waals surface area contributed by atoms with E-state index in [0.29, 0.717) is 6.42 Å². The maximum absolute atomic E-state index is 12.3. The number of amides is 1. The van der Waals surface area contributed by atoms with Gasteiger partial charge in [-0.2, -0.15) is 0 Å². The molecule has 0 aromatic rings. The molecule has 1 aliphatic heterocycles. The van der Waals surface area contributed by atoms with Gasteiger partial charge in [-0.1, -0.05) is 26.7 Å². The maximum Gasteiger partial charge on any atom is 0.224 e. The van der Waals surface area contributed by atoms with Gasteiger partial charge in [0.05, 0.1) is 6.10 Å². The predicted octanol–water partition coefficient (Wildman–Crippen LogP) is 2.55. The van der Waals surface area contributed by atoms with Gasteiger partial charge in [0.25, 0.3) is 0 Å². The summed E-state index contributed by atoms with van der Waals surface area (Å²) in [5, 5.41) is 13.0. The second-order valence-corrected chi connectivity index (χ2v) is 7.50. The standard InChI is InChI=1S/C17H34N2O2/c1-14(18-13-17(3,4)12-15(2)20)11-16(21)19-9-7-5-6-8-10-19/h14-15,18,20H,5-13H2,1-4H3. The maximum atomic E-state index is 12.3. The quantitative estimate of drug-likeness (QED) is 0.759. The molecule has 0 aliphatic carbocycles. The van der Waals surface area contributed by atoms with Crippen LogP contribution in [-0.2, 0) is 4.79 Å². The molecule has 1 saturated heterocycles. The van der Waals surface area contributed by atoms with Gasteiger partial charge in [-0.05, 0) is 38.5 Å². The summed E-state index contributed by atoms with van der Waals surface area (Å²) in [6.45, 7) is 10.9. The van der Waals surface area contributed by atoms with Crippen molar-refractivity contribution < 1.29 is 9.90 Å². The highest BCUT2D eigenvalue weighted by molar-refractivity contribution is 5.76. The van der Waals surface area contributed by atoms with Crippen LogP contribution in [0.2, 0.25) is 0 Å². The summed E-state index contributed by atoms with van der Waals surface area (Å²) in [6, 6.07) is 0.189. The van der Waals surface area contributed by atoms with Gasteiger partial charge in [-0.3, -0.25) is 4.79 Å². The molecule has 1 amide bonds. The average Bonchev–Trinajstić information content (AvgIpc) is 2.63. The van der Waals surface area contributed by atoms with E-state index in [-0.39, 0.29) is 23.5 Å². The molecular weight excluding hydrogens is 264 g/mol. The summed E-state index contributed by atoms with van der Waals surface area (Å²) in [5.41, 5.74) is 0.0497. The highest BCUT2D eigenvalue weighted by Gasteiger charge is 2.22. The SMILES string of the molecule is CC(O)CC(C)(C)CNC(C)CC(=O)N1CCCCCC1. The summed E-state index contributed by atoms with van der Waals surface area (Å²) in [4.78, 5) is 14.3. The normalized spacial score (nSPS) is 20.0. The van der Waals surface area contributed by atoms with Crippen molar-refractivity contribution in [3.63, 3.8) is 0 Å². The molecule has 4 heteroatoms. The van der Waals surface area contributed by atoms with E-state index in [0.717, 1.165) is 38.9 Å². The Balaban J connectivity index is 2.31. The second kappa shape index (κ2) is 8.74. The van der Waals surface area contributed by atoms with Crippen LogP contribution in [0.3, 0.4) is 0 Å². The summed E-state index contributed by atoms with van der Waals surface area (Å²) < 4.78 is 0. The number of nitrogens with zero attached hydrogens (tertiary/aromatic N) is 1. The first-order valence-corrected chi connectivity index (χ1v) is 8.49. The van der Waals surface area contributed by atoms with Crippen LogP contribution < -0.4 is 5.32 Å². The first-order chi connectivity index (χ1) is 9.80. The van der Waals surface area contributed by atoms with Crippen LogP contribution in [0.4, 0.5) is 0 Å². The zero-order valence-corrected chi connectivity index (χ0v) is 14.3. The molecule has 0 aromatic heterocycles. The van der Waals surface area contributed by atoms with E-state index in [1.807, 2.05) is 11.8 Å². The fourth-order valence-electron chi connectivity index (χ4n) is 3.11. The lowest BCUT2D eigenvalue weighted by molar-refractivity contribution is -0.131. The van der Waals surface area contributed by atoms with Crippen LogP contribution in [-0.4, -0.2) is 47.7 Å². The third-order valence-corrected chi connectivity index (χ3v) is 4.22. The lowest BCUT2D eigenvalue weighted by Gasteiger charge is -2.29. The third kappa shape index (κ3) is 7.82. The average molecular weight is 298 g/mol. The number of aliphatic hydroxyl groups excluding tert-OH is 1. The molecule has 0 radical (unpaired) electrons. The van der Waals surface area contributed by atoms with Gasteiger partial charge in [0, 0.05) is 32.1 Å². The van der Waals surface area contributed by atoms with Crippen molar-refractivity contribution in [2.24, 2.45) is 5.41 Å². The largest absolute Gasteiger partial charge is 0.393 e. The fourth-order valence-corrected chi connectivity index (χ4v) is 3.11. The van der Waals surface area contributed by atoms with Crippen molar-refractivity contribution >= 4 is 5.91 Å². The van der Waals surface area contributed by atoms with Crippen molar-refractivity contribution in [1.82, 2.24) is 10.2 Å². The first-order valence-electron chi connectivity index (χ1n) is 8.49. The van der Waals surface area contributed by atoms with Gasteiger partial charge < -0.3 is 15.3 Å². The molecule has 4 nitrogen and oxygen atoms in total. The Labute approximate surface area is 130 Å². The minimum absolute atomic E-state index is 0.0497. The van der Waals surface area contributed by atoms with Crippen molar-refractivity contribution in [3.8, 4) is 0 Å². The minimum atomic E-state index is -0.282. The Bertz CT molecular complexity index is 308. The van der Waals surface area contributed by atoms with Crippen LogP contribution in [0.5, 0.6) is 0 Å². The molecule has 0 saturated carbocycles. The summed E-state index contributed by atoms with van der Waals surface area (Å²) in [6.07, 6.45) is 5.87. The lowest BCUT2D eigenvalue weighted by atomic mass is 9.86. The zero-order chi connectivity index (χ0) is 15.9. The molecule has 0 aromatic carbocycles. The van der Waals surface area contributed by atoms with E-state index in [2.05, 4.69) is 26.1 Å². The van der Waals surface area contributed by atoms with Crippen LogP contribution in [0.1, 0.15) is 66.2 Å². The van der Waals surface area contributed by atoms with E-state index < -0.39 is 0 Å². The highest BCUT2D eigenvalue weighted by Crippen LogP contribution is 2.21. The molecule has 1 fully saturated rings. The van der Waals surface area contributed by atoms with Crippen molar-refractivity contribution in [2.45, 2.75) is 78.4 Å². The van der Waals surface area contributed by atoms with Gasteiger partial charge in [-0.15, -0.1) is 0 Å². The van der Waals surface area contributed by atoms with E-state index in [1.54, 1.807) is 0 Å². The molecule has 2 unspecified atom stereocenters. The van der Waals surface area contributed by atoms with Crippen LogP contribution in [0, 0.1) is 5.41 Å². The monoisotopic (exact) mass is 298 g/mol. The molecule has 1 aliphatic rings. The molecule has 0 spiro atoms. The Morgan fingerprint density at radius 2 is 1.76 bits per heavy atom. The number of nitrogens with one attached hydrogen (secondary N) is 1. The number of likely N-dealkylation sites (tertiary alicyclic amines) is 1. The van der Waals surface area contributed by atoms with Gasteiger partial charge in [0.1, 0.15) is 0 Å². The van der Waals surface area contributed by atoms with Crippen molar-refractivity contribution in [2.75, 3.05) is 19.6 Å². The lowest BCUT2D eigenvalue weighted by Crippen LogP contribution is -2.41. The van der Waals surface area contributed by atoms with E-state index >= 15 is 0 Å². The molecule has 124 valence electrons. The van der Waals surface area contributed by atoms with Crippen molar-refractivity contribution in [1.29, 1.82) is 0 Å².